The highest BCUT2D eigenvalue weighted by atomic mass is 35.5. The van der Waals surface area contributed by atoms with Crippen LogP contribution in [0.25, 0.3) is 22.6 Å². The summed E-state index contributed by atoms with van der Waals surface area (Å²) in [6.07, 6.45) is 2.37. The van der Waals surface area contributed by atoms with E-state index < -0.39 is 0 Å². The maximum Gasteiger partial charge on any atom is 0.247 e. The van der Waals surface area contributed by atoms with Gasteiger partial charge in [-0.15, -0.1) is 10.2 Å². The number of hydrogen-bond acceptors (Lipinski definition) is 4. The molecule has 0 saturated heterocycles. The maximum absolute atomic E-state index is 13.1. The number of rotatable bonds is 7. The molecule has 1 heterocycles. The molecule has 0 bridgehead atoms. The third-order valence-electron chi connectivity index (χ3n) is 5.59. The van der Waals surface area contributed by atoms with Crippen molar-refractivity contribution in [1.29, 1.82) is 0 Å². The number of amides is 1. The zero-order valence-electron chi connectivity index (χ0n) is 17.4. The average molecular weight is 444 g/mol. The van der Waals surface area contributed by atoms with Gasteiger partial charge < -0.3 is 9.32 Å². The molecule has 1 saturated carbocycles. The number of carbonyl (C=O) groups excluding carboxylic acids is 1. The lowest BCUT2D eigenvalue weighted by atomic mass is 10.0. The minimum absolute atomic E-state index is 0.0752. The number of hydrogen-bond donors (Lipinski definition) is 0. The Balaban J connectivity index is 1.26. The number of aromatic nitrogens is 2. The van der Waals surface area contributed by atoms with Crippen molar-refractivity contribution in [3.05, 3.63) is 95.3 Å². The fourth-order valence-corrected chi connectivity index (χ4v) is 3.83. The molecule has 0 spiro atoms. The van der Waals surface area contributed by atoms with Crippen LogP contribution >= 0.6 is 11.6 Å². The fourth-order valence-electron chi connectivity index (χ4n) is 3.70. The van der Waals surface area contributed by atoms with Gasteiger partial charge in [-0.1, -0.05) is 66.2 Å². The van der Waals surface area contributed by atoms with Crippen LogP contribution in [0.15, 0.2) is 83.3 Å². The predicted octanol–water partition coefficient (Wildman–Crippen LogP) is 5.79. The molecule has 0 radical (unpaired) electrons. The molecule has 5 nitrogen and oxygen atoms in total. The summed E-state index contributed by atoms with van der Waals surface area (Å²) in [4.78, 5) is 15.0. The Morgan fingerprint density at radius 3 is 2.22 bits per heavy atom. The lowest BCUT2D eigenvalue weighted by Gasteiger charge is -2.20. The molecule has 160 valence electrons. The SMILES string of the molecule is O=C(Cc1ccc(-c2ccccc2)cc1)N(Cc1nnc(-c2ccc(Cl)cc2)o1)C1CC1. The monoisotopic (exact) mass is 443 g/mol. The minimum atomic E-state index is 0.0752. The molecule has 0 atom stereocenters. The molecule has 1 amide bonds. The second kappa shape index (κ2) is 8.97. The van der Waals surface area contributed by atoms with Crippen molar-refractivity contribution in [3.8, 4) is 22.6 Å². The Labute approximate surface area is 191 Å². The Bertz CT molecular complexity index is 1200. The van der Waals surface area contributed by atoms with E-state index in [1.165, 1.54) is 0 Å². The van der Waals surface area contributed by atoms with E-state index in [-0.39, 0.29) is 11.9 Å². The smallest absolute Gasteiger partial charge is 0.247 e. The van der Waals surface area contributed by atoms with E-state index in [9.17, 15) is 4.79 Å². The van der Waals surface area contributed by atoms with Crippen LogP contribution in [0, 0.1) is 0 Å². The molecule has 32 heavy (non-hydrogen) atoms. The van der Waals surface area contributed by atoms with Crippen molar-refractivity contribution in [2.45, 2.75) is 31.8 Å². The molecule has 1 fully saturated rings. The normalized spacial score (nSPS) is 13.2. The van der Waals surface area contributed by atoms with Crippen LogP contribution in [0.1, 0.15) is 24.3 Å². The summed E-state index contributed by atoms with van der Waals surface area (Å²) >= 11 is 5.95. The molecule has 1 aliphatic rings. The Hall–Kier alpha value is -3.44. The quantitative estimate of drug-likeness (QED) is 0.362. The van der Waals surface area contributed by atoms with Gasteiger partial charge in [0.05, 0.1) is 13.0 Å². The highest BCUT2D eigenvalue weighted by molar-refractivity contribution is 6.30. The third-order valence-corrected chi connectivity index (χ3v) is 5.84. The van der Waals surface area contributed by atoms with Crippen LogP contribution < -0.4 is 0 Å². The zero-order chi connectivity index (χ0) is 21.9. The highest BCUT2D eigenvalue weighted by Crippen LogP contribution is 2.30. The summed E-state index contributed by atoms with van der Waals surface area (Å²) < 4.78 is 5.82. The van der Waals surface area contributed by atoms with Gasteiger partial charge in [0.15, 0.2) is 0 Å². The number of nitrogens with zero attached hydrogens (tertiary/aromatic N) is 3. The van der Waals surface area contributed by atoms with E-state index >= 15 is 0 Å². The van der Waals surface area contributed by atoms with Crippen molar-refractivity contribution >= 4 is 17.5 Å². The highest BCUT2D eigenvalue weighted by Gasteiger charge is 2.33. The standard InChI is InChI=1S/C26H22ClN3O2/c27-22-12-10-21(11-13-22)26-29-28-24(32-26)17-30(23-14-15-23)25(31)16-18-6-8-20(9-7-18)19-4-2-1-3-5-19/h1-13,23H,14-17H2. The molecule has 0 N–H and O–H groups in total. The summed E-state index contributed by atoms with van der Waals surface area (Å²) in [7, 11) is 0. The Kier molecular flexibility index (Phi) is 5.73. The van der Waals surface area contributed by atoms with Gasteiger partial charge in [-0.3, -0.25) is 4.79 Å². The molecule has 1 aliphatic carbocycles. The largest absolute Gasteiger partial charge is 0.419 e. The molecule has 4 aromatic rings. The van der Waals surface area contributed by atoms with Gasteiger partial charge in [-0.25, -0.2) is 0 Å². The predicted molar refractivity (Wildman–Crippen MR) is 124 cm³/mol. The number of halogens is 1. The first kappa shape index (κ1) is 20.5. The van der Waals surface area contributed by atoms with E-state index in [0.717, 1.165) is 35.1 Å². The fraction of sp³-hybridized carbons (Fsp3) is 0.192. The summed E-state index contributed by atoms with van der Waals surface area (Å²) in [5.41, 5.74) is 4.10. The van der Waals surface area contributed by atoms with E-state index in [2.05, 4.69) is 34.5 Å². The molecule has 5 rings (SSSR count). The first-order valence-electron chi connectivity index (χ1n) is 10.7. The van der Waals surface area contributed by atoms with Gasteiger partial charge in [0.25, 0.3) is 0 Å². The van der Waals surface area contributed by atoms with Crippen molar-refractivity contribution in [1.82, 2.24) is 15.1 Å². The van der Waals surface area contributed by atoms with Crippen molar-refractivity contribution in [2.75, 3.05) is 0 Å². The van der Waals surface area contributed by atoms with Crippen LogP contribution in [0.2, 0.25) is 5.02 Å². The van der Waals surface area contributed by atoms with E-state index in [1.807, 2.05) is 47.4 Å². The number of carbonyl (C=O) groups is 1. The molecular weight excluding hydrogens is 422 g/mol. The van der Waals surface area contributed by atoms with Gasteiger partial charge in [-0.2, -0.15) is 0 Å². The zero-order valence-corrected chi connectivity index (χ0v) is 18.2. The number of benzene rings is 3. The second-order valence-corrected chi connectivity index (χ2v) is 8.44. The van der Waals surface area contributed by atoms with E-state index in [4.69, 9.17) is 16.0 Å². The molecule has 0 unspecified atom stereocenters. The van der Waals surface area contributed by atoms with Gasteiger partial charge >= 0.3 is 0 Å². The minimum Gasteiger partial charge on any atom is -0.419 e. The Morgan fingerprint density at radius 1 is 0.875 bits per heavy atom. The van der Waals surface area contributed by atoms with Crippen molar-refractivity contribution < 1.29 is 9.21 Å². The van der Waals surface area contributed by atoms with Gasteiger partial charge in [-0.05, 0) is 53.8 Å². The van der Waals surface area contributed by atoms with E-state index in [0.29, 0.717) is 29.8 Å². The first-order chi connectivity index (χ1) is 15.7. The summed E-state index contributed by atoms with van der Waals surface area (Å²) in [6, 6.07) is 25.9. The van der Waals surface area contributed by atoms with Gasteiger partial charge in [0.2, 0.25) is 17.7 Å². The van der Waals surface area contributed by atoms with Crippen LogP contribution in [0.5, 0.6) is 0 Å². The topological polar surface area (TPSA) is 59.2 Å². The van der Waals surface area contributed by atoms with Gasteiger partial charge in [0, 0.05) is 16.6 Å². The van der Waals surface area contributed by atoms with Crippen LogP contribution in [-0.4, -0.2) is 27.0 Å². The first-order valence-corrected chi connectivity index (χ1v) is 11.1. The molecule has 6 heteroatoms. The second-order valence-electron chi connectivity index (χ2n) is 8.00. The summed E-state index contributed by atoms with van der Waals surface area (Å²) in [5.74, 6) is 0.942. The van der Waals surface area contributed by atoms with Crippen LogP contribution in [-0.2, 0) is 17.8 Å². The maximum atomic E-state index is 13.1. The molecule has 0 aliphatic heterocycles. The third kappa shape index (κ3) is 4.73. The average Bonchev–Trinajstić information content (AvgIpc) is 3.56. The lowest BCUT2D eigenvalue weighted by Crippen LogP contribution is -2.33. The van der Waals surface area contributed by atoms with Crippen LogP contribution in [0.4, 0.5) is 0 Å². The van der Waals surface area contributed by atoms with Crippen molar-refractivity contribution in [2.24, 2.45) is 0 Å². The summed E-state index contributed by atoms with van der Waals surface area (Å²) in [6.45, 7) is 0.326. The molecule has 3 aromatic carbocycles. The Morgan fingerprint density at radius 2 is 1.53 bits per heavy atom. The van der Waals surface area contributed by atoms with E-state index in [1.54, 1.807) is 12.1 Å². The summed E-state index contributed by atoms with van der Waals surface area (Å²) in [5, 5.41) is 8.94. The van der Waals surface area contributed by atoms with Crippen molar-refractivity contribution in [3.63, 3.8) is 0 Å². The molecular formula is C26H22ClN3O2. The lowest BCUT2D eigenvalue weighted by molar-refractivity contribution is -0.132. The van der Waals surface area contributed by atoms with Crippen LogP contribution in [0.3, 0.4) is 0 Å². The molecule has 1 aromatic heterocycles. The van der Waals surface area contributed by atoms with Gasteiger partial charge in [0.1, 0.15) is 0 Å².